The molecule has 2 N–H and O–H groups in total. The van der Waals surface area contributed by atoms with Gasteiger partial charge in [0.15, 0.2) is 13.2 Å². The number of methoxy groups -OCH3 is 4. The molecule has 0 aliphatic heterocycles. The van der Waals surface area contributed by atoms with Gasteiger partial charge in [0, 0.05) is 23.3 Å². The van der Waals surface area contributed by atoms with Gasteiger partial charge in [0.05, 0.1) is 40.9 Å². The van der Waals surface area contributed by atoms with Gasteiger partial charge in [-0.2, -0.15) is 10.2 Å². The number of rotatable bonds is 14. The lowest BCUT2D eigenvalue weighted by molar-refractivity contribution is -0.123. The van der Waals surface area contributed by atoms with E-state index in [1.54, 1.807) is 89.1 Å². The van der Waals surface area contributed by atoms with Crippen LogP contribution in [0.4, 0.5) is 0 Å². The lowest BCUT2D eigenvalue weighted by Crippen LogP contribution is -2.25. The van der Waals surface area contributed by atoms with Crippen LogP contribution < -0.4 is 39.3 Å². The molecule has 0 saturated heterocycles. The lowest BCUT2D eigenvalue weighted by Gasteiger charge is -2.08. The van der Waals surface area contributed by atoms with Crippen LogP contribution in [0.1, 0.15) is 11.1 Å². The second-order valence-corrected chi connectivity index (χ2v) is 7.93. The molecule has 2 amide bonds. The van der Waals surface area contributed by atoms with Crippen molar-refractivity contribution in [3.8, 4) is 34.5 Å². The van der Waals surface area contributed by atoms with Crippen LogP contribution in [0.25, 0.3) is 0 Å². The predicted molar refractivity (Wildman–Crippen MR) is 148 cm³/mol. The lowest BCUT2D eigenvalue weighted by atomic mass is 10.2. The zero-order valence-corrected chi connectivity index (χ0v) is 22.5. The highest BCUT2D eigenvalue weighted by atomic mass is 16.5. The van der Waals surface area contributed by atoms with Crippen molar-refractivity contribution in [1.29, 1.82) is 0 Å². The second-order valence-electron chi connectivity index (χ2n) is 7.93. The molecule has 0 heterocycles. The van der Waals surface area contributed by atoms with Gasteiger partial charge in [-0.05, 0) is 48.5 Å². The number of amides is 2. The maximum Gasteiger partial charge on any atom is 0.277 e. The van der Waals surface area contributed by atoms with Gasteiger partial charge in [-0.3, -0.25) is 9.59 Å². The molecule has 0 aromatic heterocycles. The Morgan fingerprint density at radius 1 is 0.575 bits per heavy atom. The number of hydrogen-bond acceptors (Lipinski definition) is 10. The molecule has 0 fully saturated rings. The van der Waals surface area contributed by atoms with Gasteiger partial charge in [-0.1, -0.05) is 0 Å². The third-order valence-electron chi connectivity index (χ3n) is 5.12. The van der Waals surface area contributed by atoms with E-state index in [1.165, 1.54) is 12.4 Å². The molecular weight excluding hydrogens is 520 g/mol. The standard InChI is InChI=1S/C28H30N4O8/c1-35-23-9-19(10-24(13-23)36-2)15-29-31-27(33)17-39-21-5-7-22(8-6-21)40-18-28(34)32-30-16-20-11-25(37-3)14-26(12-20)38-4/h5-16H,17-18H2,1-4H3,(H,31,33)(H,32,34). The zero-order chi connectivity index (χ0) is 28.7. The van der Waals surface area contributed by atoms with E-state index in [-0.39, 0.29) is 13.2 Å². The second kappa shape index (κ2) is 15.2. The minimum absolute atomic E-state index is 0.251. The summed E-state index contributed by atoms with van der Waals surface area (Å²) in [6.45, 7) is -0.503. The van der Waals surface area contributed by atoms with Crippen LogP contribution in [0.15, 0.2) is 70.9 Å². The number of ether oxygens (including phenoxy) is 6. The van der Waals surface area contributed by atoms with E-state index in [0.717, 1.165) is 0 Å². The Morgan fingerprint density at radius 3 is 1.20 bits per heavy atom. The molecular formula is C28H30N4O8. The number of hydrazone groups is 2. The van der Waals surface area contributed by atoms with Crippen LogP contribution in [0.5, 0.6) is 34.5 Å². The van der Waals surface area contributed by atoms with Crippen LogP contribution in [0.2, 0.25) is 0 Å². The molecule has 210 valence electrons. The molecule has 0 aliphatic carbocycles. The van der Waals surface area contributed by atoms with E-state index in [2.05, 4.69) is 21.1 Å². The van der Waals surface area contributed by atoms with Gasteiger partial charge >= 0.3 is 0 Å². The molecule has 0 atom stereocenters. The van der Waals surface area contributed by atoms with Crippen LogP contribution in [-0.4, -0.2) is 65.9 Å². The summed E-state index contributed by atoms with van der Waals surface area (Å²) in [5, 5.41) is 7.84. The van der Waals surface area contributed by atoms with Crippen molar-refractivity contribution in [1.82, 2.24) is 10.9 Å². The molecule has 3 rings (SSSR count). The van der Waals surface area contributed by atoms with E-state index in [4.69, 9.17) is 28.4 Å². The molecule has 12 nitrogen and oxygen atoms in total. The number of hydrogen-bond donors (Lipinski definition) is 2. The van der Waals surface area contributed by atoms with Crippen molar-refractivity contribution in [3.05, 3.63) is 71.8 Å². The molecule has 12 heteroatoms. The summed E-state index contributed by atoms with van der Waals surface area (Å²) in [5.74, 6) is 2.38. The number of nitrogens with one attached hydrogen (secondary N) is 2. The van der Waals surface area contributed by atoms with Gasteiger partial charge < -0.3 is 28.4 Å². The first-order valence-corrected chi connectivity index (χ1v) is 11.9. The van der Waals surface area contributed by atoms with E-state index in [9.17, 15) is 9.59 Å². The Kier molecular flexibility index (Phi) is 11.2. The maximum absolute atomic E-state index is 12.0. The fourth-order valence-electron chi connectivity index (χ4n) is 3.16. The number of benzene rings is 3. The molecule has 0 spiro atoms. The van der Waals surface area contributed by atoms with Crippen molar-refractivity contribution in [2.75, 3.05) is 41.7 Å². The Balaban J connectivity index is 1.39. The number of nitrogens with zero attached hydrogens (tertiary/aromatic N) is 2. The van der Waals surface area contributed by atoms with Crippen molar-refractivity contribution in [2.24, 2.45) is 10.2 Å². The van der Waals surface area contributed by atoms with Gasteiger partial charge in [0.2, 0.25) is 0 Å². The topological polar surface area (TPSA) is 138 Å². The highest BCUT2D eigenvalue weighted by molar-refractivity contribution is 5.84. The van der Waals surface area contributed by atoms with Gasteiger partial charge in [0.1, 0.15) is 34.5 Å². The van der Waals surface area contributed by atoms with E-state index in [0.29, 0.717) is 45.6 Å². The first-order chi connectivity index (χ1) is 19.4. The summed E-state index contributed by atoms with van der Waals surface area (Å²) in [6.07, 6.45) is 2.93. The smallest absolute Gasteiger partial charge is 0.277 e. The average Bonchev–Trinajstić information content (AvgIpc) is 2.99. The van der Waals surface area contributed by atoms with E-state index in [1.807, 2.05) is 0 Å². The molecule has 3 aromatic rings. The summed E-state index contributed by atoms with van der Waals surface area (Å²) in [5.41, 5.74) is 6.15. The van der Waals surface area contributed by atoms with Crippen molar-refractivity contribution in [3.63, 3.8) is 0 Å². The molecule has 0 bridgehead atoms. The Labute approximate surface area is 231 Å². The number of carbonyl (C=O) groups excluding carboxylic acids is 2. The first kappa shape index (κ1) is 29.3. The van der Waals surface area contributed by atoms with Gasteiger partial charge in [0.25, 0.3) is 11.8 Å². The SMILES string of the molecule is COc1cc(C=NNC(=O)COc2ccc(OCC(=O)NN=Cc3cc(OC)cc(OC)c3)cc2)cc(OC)c1. The molecule has 0 unspecified atom stereocenters. The number of carbonyl (C=O) groups is 2. The third-order valence-corrected chi connectivity index (χ3v) is 5.12. The molecule has 0 saturated carbocycles. The van der Waals surface area contributed by atoms with Crippen LogP contribution in [-0.2, 0) is 9.59 Å². The quantitative estimate of drug-likeness (QED) is 0.231. The summed E-state index contributed by atoms with van der Waals surface area (Å²) in [6, 6.07) is 16.9. The van der Waals surface area contributed by atoms with Crippen LogP contribution >= 0.6 is 0 Å². The van der Waals surface area contributed by atoms with Crippen molar-refractivity contribution in [2.45, 2.75) is 0 Å². The molecule has 40 heavy (non-hydrogen) atoms. The summed E-state index contributed by atoms with van der Waals surface area (Å²) >= 11 is 0. The fraction of sp³-hybridized carbons (Fsp3) is 0.214. The van der Waals surface area contributed by atoms with E-state index >= 15 is 0 Å². The Hall–Kier alpha value is -5.26. The van der Waals surface area contributed by atoms with Crippen LogP contribution in [0, 0.1) is 0 Å². The average molecular weight is 551 g/mol. The Bertz CT molecular complexity index is 1200. The minimum atomic E-state index is -0.448. The molecule has 0 aliphatic rings. The third kappa shape index (κ3) is 9.56. The fourth-order valence-corrected chi connectivity index (χ4v) is 3.16. The normalized spacial score (nSPS) is 10.7. The first-order valence-electron chi connectivity index (χ1n) is 11.9. The van der Waals surface area contributed by atoms with Gasteiger partial charge in [-0.25, -0.2) is 10.9 Å². The predicted octanol–water partition coefficient (Wildman–Crippen LogP) is 2.78. The minimum Gasteiger partial charge on any atom is -0.497 e. The van der Waals surface area contributed by atoms with Crippen molar-refractivity contribution < 1.29 is 38.0 Å². The maximum atomic E-state index is 12.0. The highest BCUT2D eigenvalue weighted by Gasteiger charge is 2.06. The van der Waals surface area contributed by atoms with Crippen LogP contribution in [0.3, 0.4) is 0 Å². The summed E-state index contributed by atoms with van der Waals surface area (Å²) in [7, 11) is 6.18. The van der Waals surface area contributed by atoms with Gasteiger partial charge in [-0.15, -0.1) is 0 Å². The molecule has 3 aromatic carbocycles. The summed E-state index contributed by atoms with van der Waals surface area (Å²) < 4.78 is 31.7. The zero-order valence-electron chi connectivity index (χ0n) is 22.5. The summed E-state index contributed by atoms with van der Waals surface area (Å²) in [4.78, 5) is 24.1. The highest BCUT2D eigenvalue weighted by Crippen LogP contribution is 2.22. The molecule has 0 radical (unpaired) electrons. The monoisotopic (exact) mass is 550 g/mol. The van der Waals surface area contributed by atoms with Crippen molar-refractivity contribution >= 4 is 24.2 Å². The Morgan fingerprint density at radius 2 is 0.900 bits per heavy atom. The van der Waals surface area contributed by atoms with E-state index < -0.39 is 11.8 Å². The largest absolute Gasteiger partial charge is 0.497 e.